The molecule has 92 valence electrons. The molecular weight excluding hydrogens is 280 g/mol. The van der Waals surface area contributed by atoms with Crippen molar-refractivity contribution in [2.45, 2.75) is 32.1 Å². The number of hydrogen-bond acceptors (Lipinski definition) is 2. The van der Waals surface area contributed by atoms with Crippen LogP contribution < -0.4 is 4.74 Å². The number of hydrogen-bond donors (Lipinski definition) is 0. The average molecular weight is 297 g/mol. The van der Waals surface area contributed by atoms with Gasteiger partial charge in [0.2, 0.25) is 0 Å². The van der Waals surface area contributed by atoms with E-state index in [1.165, 1.54) is 5.56 Å². The summed E-state index contributed by atoms with van der Waals surface area (Å²) in [4.78, 5) is 11.2. The smallest absolute Gasteiger partial charge is 0.133 e. The van der Waals surface area contributed by atoms with Gasteiger partial charge in [-0.2, -0.15) is 0 Å². The standard InChI is InChI=1S/C14H17BrO2/c1-17-14-7-4-11(9-13(14)15)8-10-2-5-12(16)6-3-10/h4,7,9-10H,2-3,5-6,8H2,1H3. The number of ether oxygens (including phenoxy) is 1. The number of ketones is 1. The number of carbonyl (C=O) groups excluding carboxylic acids is 1. The van der Waals surface area contributed by atoms with E-state index in [2.05, 4.69) is 28.1 Å². The van der Waals surface area contributed by atoms with E-state index in [9.17, 15) is 4.79 Å². The molecule has 0 amide bonds. The van der Waals surface area contributed by atoms with Gasteiger partial charge in [0, 0.05) is 12.8 Å². The van der Waals surface area contributed by atoms with Crippen LogP contribution in [0.25, 0.3) is 0 Å². The molecule has 0 aromatic heterocycles. The zero-order valence-electron chi connectivity index (χ0n) is 10.0. The van der Waals surface area contributed by atoms with Crippen molar-refractivity contribution in [1.82, 2.24) is 0 Å². The van der Waals surface area contributed by atoms with Crippen LogP contribution in [0.1, 0.15) is 31.2 Å². The molecule has 1 aromatic rings. The number of halogens is 1. The number of benzene rings is 1. The van der Waals surface area contributed by atoms with Gasteiger partial charge in [-0.25, -0.2) is 0 Å². The molecule has 1 aliphatic carbocycles. The molecule has 0 unspecified atom stereocenters. The first-order valence-corrected chi connectivity index (χ1v) is 6.82. The Morgan fingerprint density at radius 3 is 2.65 bits per heavy atom. The minimum atomic E-state index is 0.428. The van der Waals surface area contributed by atoms with Crippen molar-refractivity contribution in [3.63, 3.8) is 0 Å². The quantitative estimate of drug-likeness (QED) is 0.849. The predicted octanol–water partition coefficient (Wildman–Crippen LogP) is 3.76. The molecule has 0 radical (unpaired) electrons. The summed E-state index contributed by atoms with van der Waals surface area (Å²) in [6.07, 6.45) is 4.69. The Morgan fingerprint density at radius 1 is 1.35 bits per heavy atom. The predicted molar refractivity (Wildman–Crippen MR) is 71.4 cm³/mol. The van der Waals surface area contributed by atoms with E-state index in [4.69, 9.17) is 4.74 Å². The van der Waals surface area contributed by atoms with E-state index in [0.29, 0.717) is 11.7 Å². The summed E-state index contributed by atoms with van der Waals surface area (Å²) in [5, 5.41) is 0. The second-order valence-corrected chi connectivity index (χ2v) is 5.51. The van der Waals surface area contributed by atoms with Crippen LogP contribution in [0.5, 0.6) is 5.75 Å². The summed E-state index contributed by atoms with van der Waals surface area (Å²) in [5.74, 6) is 1.96. The van der Waals surface area contributed by atoms with Gasteiger partial charge in [0.25, 0.3) is 0 Å². The molecule has 0 saturated heterocycles. The lowest BCUT2D eigenvalue weighted by Crippen LogP contribution is -2.15. The molecular formula is C14H17BrO2. The van der Waals surface area contributed by atoms with Crippen LogP contribution in [0.4, 0.5) is 0 Å². The molecule has 17 heavy (non-hydrogen) atoms. The third-order valence-electron chi connectivity index (χ3n) is 3.40. The Balaban J connectivity index is 1.99. The lowest BCUT2D eigenvalue weighted by atomic mass is 9.84. The second kappa shape index (κ2) is 5.67. The van der Waals surface area contributed by atoms with Crippen LogP contribution in [0.15, 0.2) is 22.7 Å². The van der Waals surface area contributed by atoms with Crippen LogP contribution in [0, 0.1) is 5.92 Å². The van der Waals surface area contributed by atoms with Crippen molar-refractivity contribution in [2.75, 3.05) is 7.11 Å². The average Bonchev–Trinajstić information content (AvgIpc) is 2.32. The van der Waals surface area contributed by atoms with Crippen LogP contribution >= 0.6 is 15.9 Å². The summed E-state index contributed by atoms with van der Waals surface area (Å²) >= 11 is 3.50. The van der Waals surface area contributed by atoms with E-state index in [1.54, 1.807) is 7.11 Å². The Morgan fingerprint density at radius 2 is 2.06 bits per heavy atom. The van der Waals surface area contributed by atoms with E-state index in [-0.39, 0.29) is 0 Å². The molecule has 0 spiro atoms. The Hall–Kier alpha value is -0.830. The summed E-state index contributed by atoms with van der Waals surface area (Å²) in [7, 11) is 1.67. The molecule has 0 N–H and O–H groups in total. The molecule has 0 heterocycles. The first-order valence-electron chi connectivity index (χ1n) is 6.03. The number of methoxy groups -OCH3 is 1. The van der Waals surface area contributed by atoms with Gasteiger partial charge in [-0.15, -0.1) is 0 Å². The van der Waals surface area contributed by atoms with Gasteiger partial charge in [-0.05, 0) is 58.8 Å². The second-order valence-electron chi connectivity index (χ2n) is 4.66. The largest absolute Gasteiger partial charge is 0.496 e. The highest BCUT2D eigenvalue weighted by atomic mass is 79.9. The maximum Gasteiger partial charge on any atom is 0.133 e. The fourth-order valence-electron chi connectivity index (χ4n) is 2.37. The van der Waals surface area contributed by atoms with Gasteiger partial charge in [0.05, 0.1) is 11.6 Å². The maximum absolute atomic E-state index is 11.2. The van der Waals surface area contributed by atoms with Crippen molar-refractivity contribution >= 4 is 21.7 Å². The monoisotopic (exact) mass is 296 g/mol. The Kier molecular flexibility index (Phi) is 4.21. The van der Waals surface area contributed by atoms with Crippen molar-refractivity contribution in [1.29, 1.82) is 0 Å². The number of Topliss-reactive ketones (excluding diaryl/α,β-unsaturated/α-hetero) is 1. The van der Waals surface area contributed by atoms with E-state index in [1.807, 2.05) is 6.07 Å². The fraction of sp³-hybridized carbons (Fsp3) is 0.500. The lowest BCUT2D eigenvalue weighted by molar-refractivity contribution is -0.120. The van der Waals surface area contributed by atoms with Crippen LogP contribution in [0.3, 0.4) is 0 Å². The molecule has 0 atom stereocenters. The van der Waals surface area contributed by atoms with Gasteiger partial charge in [-0.1, -0.05) is 6.07 Å². The minimum absolute atomic E-state index is 0.428. The third kappa shape index (κ3) is 3.32. The van der Waals surface area contributed by atoms with Gasteiger partial charge < -0.3 is 4.74 Å². The van der Waals surface area contributed by atoms with E-state index < -0.39 is 0 Å². The zero-order valence-corrected chi connectivity index (χ0v) is 11.6. The van der Waals surface area contributed by atoms with Crippen LogP contribution in [-0.2, 0) is 11.2 Å². The number of rotatable bonds is 3. The summed E-state index contributed by atoms with van der Waals surface area (Å²) in [6, 6.07) is 6.22. The first-order chi connectivity index (χ1) is 8.19. The minimum Gasteiger partial charge on any atom is -0.496 e. The van der Waals surface area contributed by atoms with E-state index >= 15 is 0 Å². The van der Waals surface area contributed by atoms with Crippen molar-refractivity contribution in [3.8, 4) is 5.75 Å². The van der Waals surface area contributed by atoms with Gasteiger partial charge in [-0.3, -0.25) is 4.79 Å². The van der Waals surface area contributed by atoms with Gasteiger partial charge in [0.1, 0.15) is 11.5 Å². The van der Waals surface area contributed by atoms with Crippen LogP contribution in [0.2, 0.25) is 0 Å². The summed E-state index contributed by atoms with van der Waals surface area (Å²) in [5.41, 5.74) is 1.32. The topological polar surface area (TPSA) is 26.3 Å². The van der Waals surface area contributed by atoms with Crippen LogP contribution in [-0.4, -0.2) is 12.9 Å². The first kappa shape index (κ1) is 12.6. The molecule has 3 heteroatoms. The summed E-state index contributed by atoms with van der Waals surface area (Å²) < 4.78 is 6.22. The normalized spacial score (nSPS) is 17.2. The van der Waals surface area contributed by atoms with Gasteiger partial charge in [0.15, 0.2) is 0 Å². The molecule has 2 nitrogen and oxygen atoms in total. The molecule has 2 rings (SSSR count). The highest BCUT2D eigenvalue weighted by Gasteiger charge is 2.19. The molecule has 1 fully saturated rings. The van der Waals surface area contributed by atoms with E-state index in [0.717, 1.165) is 42.3 Å². The molecule has 1 aliphatic rings. The SMILES string of the molecule is COc1ccc(CC2CCC(=O)CC2)cc1Br. The Labute approximate surface area is 110 Å². The lowest BCUT2D eigenvalue weighted by Gasteiger charge is -2.21. The fourth-order valence-corrected chi connectivity index (χ4v) is 2.96. The maximum atomic E-state index is 11.2. The zero-order chi connectivity index (χ0) is 12.3. The summed E-state index contributed by atoms with van der Waals surface area (Å²) in [6.45, 7) is 0. The van der Waals surface area contributed by atoms with Gasteiger partial charge >= 0.3 is 0 Å². The van der Waals surface area contributed by atoms with Crippen molar-refractivity contribution < 1.29 is 9.53 Å². The highest BCUT2D eigenvalue weighted by Crippen LogP contribution is 2.29. The van der Waals surface area contributed by atoms with Crippen molar-refractivity contribution in [2.24, 2.45) is 5.92 Å². The molecule has 1 aromatic carbocycles. The third-order valence-corrected chi connectivity index (χ3v) is 4.02. The molecule has 0 aliphatic heterocycles. The highest BCUT2D eigenvalue weighted by molar-refractivity contribution is 9.10. The van der Waals surface area contributed by atoms with Crippen molar-refractivity contribution in [3.05, 3.63) is 28.2 Å². The molecule has 0 bridgehead atoms. The Bertz CT molecular complexity index is 405. The number of carbonyl (C=O) groups is 1. The molecule has 1 saturated carbocycles.